The van der Waals surface area contributed by atoms with E-state index < -0.39 is 6.43 Å². The molecular formula is C10H17F2N3S. The van der Waals surface area contributed by atoms with Crippen molar-refractivity contribution in [2.45, 2.75) is 26.8 Å². The van der Waals surface area contributed by atoms with Crippen molar-refractivity contribution in [2.24, 2.45) is 0 Å². The second-order valence-corrected chi connectivity index (χ2v) is 4.40. The first-order valence-electron chi connectivity index (χ1n) is 5.35. The lowest BCUT2D eigenvalue weighted by molar-refractivity contribution is 0.145. The molecule has 0 spiro atoms. The Morgan fingerprint density at radius 1 is 1.44 bits per heavy atom. The quantitative estimate of drug-likeness (QED) is 0.804. The van der Waals surface area contributed by atoms with Crippen LogP contribution in [-0.4, -0.2) is 31.0 Å². The summed E-state index contributed by atoms with van der Waals surface area (Å²) < 4.78 is 23.8. The molecule has 1 aromatic heterocycles. The van der Waals surface area contributed by atoms with E-state index >= 15 is 0 Å². The van der Waals surface area contributed by atoms with E-state index in [1.165, 1.54) is 0 Å². The summed E-state index contributed by atoms with van der Waals surface area (Å²) in [4.78, 5) is 7.40. The highest BCUT2D eigenvalue weighted by Gasteiger charge is 2.08. The molecule has 16 heavy (non-hydrogen) atoms. The van der Waals surface area contributed by atoms with Gasteiger partial charge in [-0.1, -0.05) is 0 Å². The van der Waals surface area contributed by atoms with Crippen molar-refractivity contribution in [3.05, 3.63) is 11.1 Å². The number of aromatic nitrogens is 1. The van der Waals surface area contributed by atoms with Gasteiger partial charge in [-0.2, -0.15) is 0 Å². The van der Waals surface area contributed by atoms with Crippen molar-refractivity contribution in [3.63, 3.8) is 0 Å². The van der Waals surface area contributed by atoms with E-state index in [9.17, 15) is 8.78 Å². The van der Waals surface area contributed by atoms with E-state index in [4.69, 9.17) is 0 Å². The molecule has 0 aliphatic rings. The summed E-state index contributed by atoms with van der Waals surface area (Å²) in [6.07, 6.45) is -0.549. The fourth-order valence-electron chi connectivity index (χ4n) is 1.32. The minimum absolute atomic E-state index is 0.265. The molecule has 92 valence electrons. The van der Waals surface area contributed by atoms with Crippen LogP contribution >= 0.6 is 11.3 Å². The van der Waals surface area contributed by atoms with Gasteiger partial charge in [-0.15, -0.1) is 11.3 Å². The summed E-state index contributed by atoms with van der Waals surface area (Å²) in [6.45, 7) is 6.16. The Morgan fingerprint density at radius 2 is 2.12 bits per heavy atom. The fourth-order valence-corrected chi connectivity index (χ4v) is 2.33. The predicted octanol–water partition coefficient (Wildman–Crippen LogP) is 2.34. The maximum absolute atomic E-state index is 11.9. The van der Waals surface area contributed by atoms with Gasteiger partial charge >= 0.3 is 0 Å². The number of nitrogens with zero attached hydrogens (tertiary/aromatic N) is 2. The molecule has 0 unspecified atom stereocenters. The topological polar surface area (TPSA) is 28.2 Å². The number of anilines is 1. The van der Waals surface area contributed by atoms with Gasteiger partial charge in [-0.3, -0.25) is 0 Å². The molecule has 1 N–H and O–H groups in total. The zero-order valence-corrected chi connectivity index (χ0v) is 10.4. The van der Waals surface area contributed by atoms with E-state index in [-0.39, 0.29) is 6.54 Å². The van der Waals surface area contributed by atoms with Gasteiger partial charge in [0.2, 0.25) is 0 Å². The third-order valence-corrected chi connectivity index (χ3v) is 3.23. The van der Waals surface area contributed by atoms with Gasteiger partial charge in [0.15, 0.2) is 5.13 Å². The summed E-state index contributed by atoms with van der Waals surface area (Å²) in [7, 11) is 0. The molecule has 0 radical (unpaired) electrons. The average Bonchev–Trinajstić information content (AvgIpc) is 2.68. The predicted molar refractivity (Wildman–Crippen MR) is 63.4 cm³/mol. The number of rotatable bonds is 7. The molecule has 0 amide bonds. The van der Waals surface area contributed by atoms with E-state index in [0.717, 1.165) is 23.1 Å². The standard InChI is InChI=1S/C10H17F2N3S/c1-3-15(4-2)10-14-6-8(16-10)5-13-7-9(11)12/h6,9,13H,3-5,7H2,1-2H3. The van der Waals surface area contributed by atoms with Crippen molar-refractivity contribution in [1.82, 2.24) is 10.3 Å². The molecule has 0 fully saturated rings. The third kappa shape index (κ3) is 4.02. The zero-order valence-electron chi connectivity index (χ0n) is 9.54. The number of halogens is 2. The molecule has 3 nitrogen and oxygen atoms in total. The Balaban J connectivity index is 2.44. The lowest BCUT2D eigenvalue weighted by atomic mass is 10.5. The first-order chi connectivity index (χ1) is 7.67. The third-order valence-electron chi connectivity index (χ3n) is 2.17. The Bertz CT molecular complexity index is 300. The zero-order chi connectivity index (χ0) is 12.0. The van der Waals surface area contributed by atoms with Crippen molar-refractivity contribution >= 4 is 16.5 Å². The van der Waals surface area contributed by atoms with Gasteiger partial charge in [-0.05, 0) is 13.8 Å². The summed E-state index contributed by atoms with van der Waals surface area (Å²) in [5.74, 6) is 0. The van der Waals surface area contributed by atoms with Crippen LogP contribution < -0.4 is 10.2 Å². The minimum Gasteiger partial charge on any atom is -0.349 e. The Hall–Kier alpha value is -0.750. The molecule has 1 aromatic rings. The van der Waals surface area contributed by atoms with Crippen molar-refractivity contribution in [1.29, 1.82) is 0 Å². The SMILES string of the molecule is CCN(CC)c1ncc(CNCC(F)F)s1. The molecule has 0 saturated carbocycles. The molecule has 0 aromatic carbocycles. The molecular weight excluding hydrogens is 232 g/mol. The molecule has 1 rings (SSSR count). The highest BCUT2D eigenvalue weighted by atomic mass is 32.1. The number of alkyl halides is 2. The Kier molecular flexibility index (Phi) is 5.62. The van der Waals surface area contributed by atoms with Crippen LogP contribution in [0.5, 0.6) is 0 Å². The monoisotopic (exact) mass is 249 g/mol. The van der Waals surface area contributed by atoms with Crippen molar-refractivity contribution in [2.75, 3.05) is 24.5 Å². The smallest absolute Gasteiger partial charge is 0.250 e. The lowest BCUT2D eigenvalue weighted by Gasteiger charge is -2.16. The molecule has 6 heteroatoms. The van der Waals surface area contributed by atoms with E-state index in [2.05, 4.69) is 29.0 Å². The molecule has 0 aliphatic carbocycles. The van der Waals surface area contributed by atoms with Crippen LogP contribution in [0.4, 0.5) is 13.9 Å². The second-order valence-electron chi connectivity index (χ2n) is 3.30. The Labute approximate surface area is 98.5 Å². The number of hydrogen-bond donors (Lipinski definition) is 1. The number of nitrogens with one attached hydrogen (secondary N) is 1. The van der Waals surface area contributed by atoms with E-state index in [1.807, 2.05) is 0 Å². The first-order valence-corrected chi connectivity index (χ1v) is 6.17. The summed E-state index contributed by atoms with van der Waals surface area (Å²) in [5.41, 5.74) is 0. The summed E-state index contributed by atoms with van der Waals surface area (Å²) in [6, 6.07) is 0. The van der Waals surface area contributed by atoms with Crippen LogP contribution in [0.1, 0.15) is 18.7 Å². The minimum atomic E-state index is -2.30. The van der Waals surface area contributed by atoms with Crippen LogP contribution in [0.25, 0.3) is 0 Å². The molecule has 0 aliphatic heterocycles. The first kappa shape index (κ1) is 13.3. The van der Waals surface area contributed by atoms with Crippen LogP contribution in [0.15, 0.2) is 6.20 Å². The number of hydrogen-bond acceptors (Lipinski definition) is 4. The van der Waals surface area contributed by atoms with Gasteiger partial charge < -0.3 is 10.2 Å². The normalized spacial score (nSPS) is 11.1. The molecule has 0 saturated heterocycles. The maximum atomic E-state index is 11.9. The lowest BCUT2D eigenvalue weighted by Crippen LogP contribution is -2.21. The number of thiazole rings is 1. The van der Waals surface area contributed by atoms with E-state index in [1.54, 1.807) is 17.5 Å². The maximum Gasteiger partial charge on any atom is 0.250 e. The van der Waals surface area contributed by atoms with Crippen LogP contribution in [-0.2, 0) is 6.54 Å². The van der Waals surface area contributed by atoms with Crippen LogP contribution in [0.3, 0.4) is 0 Å². The Morgan fingerprint density at radius 3 is 2.69 bits per heavy atom. The van der Waals surface area contributed by atoms with E-state index in [0.29, 0.717) is 6.54 Å². The average molecular weight is 249 g/mol. The highest BCUT2D eigenvalue weighted by molar-refractivity contribution is 7.15. The van der Waals surface area contributed by atoms with Gasteiger partial charge in [0.1, 0.15) is 0 Å². The van der Waals surface area contributed by atoms with Crippen molar-refractivity contribution in [3.8, 4) is 0 Å². The van der Waals surface area contributed by atoms with Gasteiger partial charge in [0.05, 0.1) is 6.54 Å². The van der Waals surface area contributed by atoms with Crippen molar-refractivity contribution < 1.29 is 8.78 Å². The second kappa shape index (κ2) is 6.75. The van der Waals surface area contributed by atoms with Gasteiger partial charge in [-0.25, -0.2) is 13.8 Å². The fraction of sp³-hybridized carbons (Fsp3) is 0.700. The van der Waals surface area contributed by atoms with Crippen LogP contribution in [0.2, 0.25) is 0 Å². The van der Waals surface area contributed by atoms with Crippen LogP contribution in [0, 0.1) is 0 Å². The largest absolute Gasteiger partial charge is 0.349 e. The molecule has 1 heterocycles. The molecule has 0 atom stereocenters. The summed E-state index contributed by atoms with van der Waals surface area (Å²) >= 11 is 1.55. The molecule has 0 bridgehead atoms. The van der Waals surface area contributed by atoms with Gasteiger partial charge in [0, 0.05) is 30.7 Å². The van der Waals surface area contributed by atoms with Gasteiger partial charge in [0.25, 0.3) is 6.43 Å². The highest BCUT2D eigenvalue weighted by Crippen LogP contribution is 2.21. The summed E-state index contributed by atoms with van der Waals surface area (Å²) in [5, 5.41) is 3.65.